The van der Waals surface area contributed by atoms with Gasteiger partial charge in [-0.1, -0.05) is 147 Å². The molecule has 0 spiro atoms. The predicted octanol–water partition coefficient (Wildman–Crippen LogP) is 4.82. The first-order chi connectivity index (χ1) is 15.3. The molecule has 0 unspecified atom stereocenters. The van der Waals surface area contributed by atoms with Crippen LogP contribution in [0, 0.1) is 0 Å². The van der Waals surface area contributed by atoms with Gasteiger partial charge in [0.25, 0.3) is 0 Å². The van der Waals surface area contributed by atoms with E-state index in [1.54, 1.807) is 0 Å². The van der Waals surface area contributed by atoms with Crippen LogP contribution < -0.4 is 20.7 Å². The van der Waals surface area contributed by atoms with E-state index in [-0.39, 0.29) is 0 Å². The van der Waals surface area contributed by atoms with Crippen molar-refractivity contribution in [3.8, 4) is 0 Å². The largest absolute Gasteiger partial charge is 0.180 e. The van der Waals surface area contributed by atoms with E-state index in [1.165, 1.54) is 26.3 Å². The van der Waals surface area contributed by atoms with Crippen LogP contribution in [0.4, 0.5) is 0 Å². The molecule has 0 aliphatic rings. The smallest absolute Gasteiger partial charge is 0.0990 e. The van der Waals surface area contributed by atoms with Crippen molar-refractivity contribution in [3.63, 3.8) is 0 Å². The Labute approximate surface area is 186 Å². The van der Waals surface area contributed by atoms with Gasteiger partial charge in [-0.3, -0.25) is 0 Å². The maximum Gasteiger partial charge on any atom is 0.180 e. The highest BCUT2D eigenvalue weighted by Crippen LogP contribution is 2.19. The van der Waals surface area contributed by atoms with Gasteiger partial charge in [0, 0.05) is 0 Å². The Morgan fingerprint density at radius 3 is 1.39 bits per heavy atom. The Hall–Kier alpha value is -3.68. The highest BCUT2D eigenvalue weighted by atomic mass is 28.3. The average Bonchev–Trinajstić information content (AvgIpc) is 2.85. The van der Waals surface area contributed by atoms with Gasteiger partial charge in [-0.25, -0.2) is 0 Å². The van der Waals surface area contributed by atoms with Gasteiger partial charge in [0.2, 0.25) is 0 Å². The number of rotatable bonds is 7. The predicted molar refractivity (Wildman–Crippen MR) is 138 cm³/mol. The highest BCUT2D eigenvalue weighted by Gasteiger charge is 2.42. The molecule has 0 saturated carbocycles. The molecule has 0 heterocycles. The van der Waals surface area contributed by atoms with Crippen LogP contribution in [0.3, 0.4) is 0 Å². The van der Waals surface area contributed by atoms with Crippen molar-refractivity contribution in [2.24, 2.45) is 0 Å². The monoisotopic (exact) mass is 414 g/mol. The third-order valence-corrected chi connectivity index (χ3v) is 10.6. The molecular weight excluding hydrogens is 388 g/mol. The van der Waals surface area contributed by atoms with Crippen molar-refractivity contribution in [1.29, 1.82) is 0 Å². The third-order valence-electron chi connectivity index (χ3n) is 5.78. The van der Waals surface area contributed by atoms with E-state index in [1.807, 2.05) is 18.2 Å². The summed E-state index contributed by atoms with van der Waals surface area (Å²) in [7, 11) is -2.58. The van der Waals surface area contributed by atoms with Crippen molar-refractivity contribution in [2.75, 3.05) is 0 Å². The van der Waals surface area contributed by atoms with Gasteiger partial charge in [0.05, 0.1) is 0 Å². The van der Waals surface area contributed by atoms with Crippen LogP contribution in [-0.2, 0) is 0 Å². The van der Waals surface area contributed by atoms with Gasteiger partial charge in [-0.15, -0.1) is 0 Å². The topological polar surface area (TPSA) is 0 Å². The Balaban J connectivity index is 2.19. The lowest BCUT2D eigenvalue weighted by atomic mass is 10.1. The number of hydrogen-bond donors (Lipinski definition) is 0. The highest BCUT2D eigenvalue weighted by molar-refractivity contribution is 7.20. The van der Waals surface area contributed by atoms with Gasteiger partial charge in [0.15, 0.2) is 8.07 Å². The summed E-state index contributed by atoms with van der Waals surface area (Å²) in [6.07, 6.45) is 5.82. The van der Waals surface area contributed by atoms with E-state index < -0.39 is 8.07 Å². The first kappa shape index (κ1) is 20.6. The molecule has 4 aromatic carbocycles. The number of benzene rings is 4. The third kappa shape index (κ3) is 3.76. The molecule has 0 radical (unpaired) electrons. The maximum atomic E-state index is 4.10. The van der Waals surface area contributed by atoms with E-state index in [4.69, 9.17) is 0 Å². The lowest BCUT2D eigenvalue weighted by molar-refractivity contribution is 1.62. The Morgan fingerprint density at radius 2 is 0.968 bits per heavy atom. The van der Waals surface area contributed by atoms with Crippen LogP contribution in [0.2, 0.25) is 0 Å². The van der Waals surface area contributed by atoms with Gasteiger partial charge < -0.3 is 0 Å². The van der Waals surface area contributed by atoms with Gasteiger partial charge in [-0.2, -0.15) is 0 Å². The number of allylic oxidation sites excluding steroid dienone is 4. The molecule has 0 aliphatic heterocycles. The molecule has 0 nitrogen and oxygen atoms in total. The fourth-order valence-electron chi connectivity index (χ4n) is 4.49. The standard InChI is InChI=1S/C30H26Si/c1-3-16-25(4-2)29-23-14-15-24-30(29)31(26-17-8-5-9-18-26,27-19-10-6-11-20-27)28-21-12-7-13-22-28/h3-24H,1-2H2/b25-16+. The first-order valence-corrected chi connectivity index (χ1v) is 12.5. The zero-order valence-corrected chi connectivity index (χ0v) is 18.6. The molecule has 0 N–H and O–H groups in total. The zero-order chi connectivity index (χ0) is 21.5. The Morgan fingerprint density at radius 1 is 0.548 bits per heavy atom. The molecular formula is C30H26Si. The van der Waals surface area contributed by atoms with Crippen molar-refractivity contribution in [2.45, 2.75) is 0 Å². The van der Waals surface area contributed by atoms with E-state index in [0.717, 1.165) is 5.57 Å². The summed E-state index contributed by atoms with van der Waals surface area (Å²) in [4.78, 5) is 0. The molecule has 4 aromatic rings. The summed E-state index contributed by atoms with van der Waals surface area (Å²) in [5.41, 5.74) is 2.30. The summed E-state index contributed by atoms with van der Waals surface area (Å²) in [5.74, 6) is 0. The van der Waals surface area contributed by atoms with Gasteiger partial charge in [0.1, 0.15) is 0 Å². The summed E-state index contributed by atoms with van der Waals surface area (Å²) in [5, 5.41) is 5.44. The molecule has 0 saturated heterocycles. The lowest BCUT2D eigenvalue weighted by Gasteiger charge is -2.36. The fourth-order valence-corrected chi connectivity index (χ4v) is 9.48. The summed E-state index contributed by atoms with van der Waals surface area (Å²) >= 11 is 0. The van der Waals surface area contributed by atoms with Gasteiger partial charge >= 0.3 is 0 Å². The Bertz CT molecular complexity index is 1090. The molecule has 0 amide bonds. The van der Waals surface area contributed by atoms with Crippen LogP contribution in [0.5, 0.6) is 0 Å². The quantitative estimate of drug-likeness (QED) is 0.231. The van der Waals surface area contributed by atoms with E-state index in [2.05, 4.69) is 128 Å². The summed E-state index contributed by atoms with van der Waals surface area (Å²) < 4.78 is 0. The number of hydrogen-bond acceptors (Lipinski definition) is 0. The summed E-state index contributed by atoms with van der Waals surface area (Å²) in [6.45, 7) is 8.02. The second-order valence-electron chi connectivity index (χ2n) is 7.46. The molecule has 0 aromatic heterocycles. The summed E-state index contributed by atoms with van der Waals surface area (Å²) in [6, 6.07) is 41.7. The second-order valence-corrected chi connectivity index (χ2v) is 11.2. The van der Waals surface area contributed by atoms with Gasteiger partial charge in [-0.05, 0) is 31.9 Å². The van der Waals surface area contributed by atoms with Crippen LogP contribution in [0.15, 0.2) is 147 Å². The normalized spacial score (nSPS) is 11.7. The van der Waals surface area contributed by atoms with Crippen LogP contribution in [-0.4, -0.2) is 8.07 Å². The molecule has 0 atom stereocenters. The van der Waals surface area contributed by atoms with Crippen molar-refractivity contribution >= 4 is 34.4 Å². The molecule has 0 aliphatic carbocycles. The average molecular weight is 415 g/mol. The van der Waals surface area contributed by atoms with Crippen LogP contribution >= 0.6 is 0 Å². The van der Waals surface area contributed by atoms with Crippen LogP contribution in [0.25, 0.3) is 5.57 Å². The minimum atomic E-state index is -2.58. The second kappa shape index (κ2) is 9.42. The fraction of sp³-hybridized carbons (Fsp3) is 0. The SMILES string of the molecule is C=C/C=C(\C=C)c1ccccc1[Si](c1ccccc1)(c1ccccc1)c1ccccc1. The minimum Gasteiger partial charge on any atom is -0.0990 e. The van der Waals surface area contributed by atoms with Crippen molar-refractivity contribution in [3.05, 3.63) is 152 Å². The first-order valence-electron chi connectivity index (χ1n) is 10.5. The van der Waals surface area contributed by atoms with Crippen molar-refractivity contribution < 1.29 is 0 Å². The Kier molecular flexibility index (Phi) is 6.25. The molecule has 0 fully saturated rings. The molecule has 150 valence electrons. The van der Waals surface area contributed by atoms with E-state index in [9.17, 15) is 0 Å². The molecule has 31 heavy (non-hydrogen) atoms. The minimum absolute atomic E-state index is 1.09. The lowest BCUT2D eigenvalue weighted by Crippen LogP contribution is -2.75. The zero-order valence-electron chi connectivity index (χ0n) is 17.6. The van der Waals surface area contributed by atoms with Crippen molar-refractivity contribution in [1.82, 2.24) is 0 Å². The van der Waals surface area contributed by atoms with Crippen LogP contribution in [0.1, 0.15) is 5.56 Å². The molecule has 4 rings (SSSR count). The molecule has 1 heteroatoms. The maximum absolute atomic E-state index is 4.10. The van der Waals surface area contributed by atoms with E-state index >= 15 is 0 Å². The molecule has 0 bridgehead atoms. The van der Waals surface area contributed by atoms with E-state index in [0.29, 0.717) is 0 Å².